The van der Waals surface area contributed by atoms with E-state index >= 15 is 0 Å². The largest absolute Gasteiger partial charge is 0.486 e. The first-order chi connectivity index (χ1) is 62.6. The van der Waals surface area contributed by atoms with Gasteiger partial charge in [-0.05, 0) is 252 Å². The SMILES string of the molecule is CNC(=O)Cc1cccc(Br)c1COc1ccc(C)cc1F.CNC(=O)Cc1cccc(C)c1COc1ccc(C)cc1F.CNC(=O)Cc1cccc(Cl)c1COc1ccc(C)cc1F.CNC(=O)Cc1cccc(F)c1COc1ccc(C)cc1F.CNC(=O)Cc1cccc(I)c1COc1ccc(C)cc1F.CNC(=O)Cc1ccccc1COc1ccc(C)cc1F. The highest BCUT2D eigenvalue weighted by molar-refractivity contribution is 14.1. The smallest absolute Gasteiger partial charge is 0.224 e. The van der Waals surface area contributed by atoms with Crippen molar-refractivity contribution in [3.05, 3.63) is 384 Å². The molecule has 0 aliphatic rings. The van der Waals surface area contributed by atoms with E-state index in [2.05, 4.69) is 70.4 Å². The number of halogens is 10. The Morgan fingerprint density at radius 2 is 0.527 bits per heavy atom. The molecule has 690 valence electrons. The molecule has 0 saturated carbocycles. The molecule has 12 aromatic carbocycles. The van der Waals surface area contributed by atoms with Crippen molar-refractivity contribution in [1.29, 1.82) is 0 Å². The number of hydrogen-bond acceptors (Lipinski definition) is 12. The lowest BCUT2D eigenvalue weighted by Crippen LogP contribution is -2.21. The second-order valence-corrected chi connectivity index (χ2v) is 32.4. The molecule has 12 aromatic rings. The Bertz CT molecular complexity index is 5220. The normalized spacial score (nSPS) is 10.3. The van der Waals surface area contributed by atoms with Crippen LogP contribution in [-0.2, 0) is 107 Å². The summed E-state index contributed by atoms with van der Waals surface area (Å²) in [6.07, 6.45) is 1.35. The molecule has 0 heterocycles. The van der Waals surface area contributed by atoms with Crippen molar-refractivity contribution in [3.8, 4) is 34.5 Å². The first kappa shape index (κ1) is 105. The van der Waals surface area contributed by atoms with Crippen molar-refractivity contribution in [2.45, 2.75) is 127 Å². The van der Waals surface area contributed by atoms with Crippen LogP contribution >= 0.6 is 50.1 Å². The van der Waals surface area contributed by atoms with Gasteiger partial charge in [0.2, 0.25) is 35.4 Å². The quantitative estimate of drug-likeness (QED) is 0.0182. The average molecular weight is 2000 g/mol. The number of ether oxygens (including phenoxy) is 6. The minimum Gasteiger partial charge on any atom is -0.486 e. The van der Waals surface area contributed by atoms with Gasteiger partial charge in [0.15, 0.2) is 69.4 Å². The van der Waals surface area contributed by atoms with Crippen LogP contribution in [0.1, 0.15) is 106 Å². The lowest BCUT2D eigenvalue weighted by atomic mass is 10.00. The zero-order valence-corrected chi connectivity index (χ0v) is 79.5. The van der Waals surface area contributed by atoms with Crippen molar-refractivity contribution in [2.24, 2.45) is 0 Å². The zero-order valence-electron chi connectivity index (χ0n) is 75.0. The Morgan fingerprint density at radius 1 is 0.275 bits per heavy atom. The summed E-state index contributed by atoms with van der Waals surface area (Å²) < 4.78 is 132. The lowest BCUT2D eigenvalue weighted by Gasteiger charge is -2.14. The van der Waals surface area contributed by atoms with Crippen LogP contribution in [-0.4, -0.2) is 77.7 Å². The zero-order chi connectivity index (χ0) is 95.8. The predicted octanol–water partition coefficient (Wildman–Crippen LogP) is 20.5. The number of benzene rings is 12. The molecule has 0 aromatic heterocycles. The van der Waals surface area contributed by atoms with Crippen molar-refractivity contribution < 1.29 is 87.9 Å². The van der Waals surface area contributed by atoms with E-state index in [0.29, 0.717) is 16.1 Å². The van der Waals surface area contributed by atoms with Gasteiger partial charge in [0.25, 0.3) is 0 Å². The third-order valence-electron chi connectivity index (χ3n) is 20.0. The van der Waals surface area contributed by atoms with Crippen molar-refractivity contribution in [3.63, 3.8) is 0 Å². The maximum atomic E-state index is 14.0. The highest BCUT2D eigenvalue weighted by atomic mass is 127. The third kappa shape index (κ3) is 34.6. The van der Waals surface area contributed by atoms with Crippen molar-refractivity contribution >= 4 is 85.6 Å². The van der Waals surface area contributed by atoms with E-state index in [1.165, 1.54) is 61.6 Å². The number of hydrogen-bond donors (Lipinski definition) is 6. The summed E-state index contributed by atoms with van der Waals surface area (Å²) in [5, 5.41) is 15.9. The first-order valence-corrected chi connectivity index (χ1v) is 43.7. The summed E-state index contributed by atoms with van der Waals surface area (Å²) in [7, 11) is 9.50. The van der Waals surface area contributed by atoms with E-state index in [0.717, 1.165) is 97.1 Å². The number of rotatable bonds is 30. The summed E-state index contributed by atoms with van der Waals surface area (Å²) in [5.41, 5.74) is 15.3. The van der Waals surface area contributed by atoms with Gasteiger partial charge >= 0.3 is 0 Å². The molecule has 12 rings (SSSR count). The molecule has 0 unspecified atom stereocenters. The molecule has 131 heavy (non-hydrogen) atoms. The summed E-state index contributed by atoms with van der Waals surface area (Å²) >= 11 is 11.8. The van der Waals surface area contributed by atoms with Crippen molar-refractivity contribution in [1.82, 2.24) is 31.9 Å². The topological polar surface area (TPSA) is 230 Å². The third-order valence-corrected chi connectivity index (χ3v) is 22.1. The minimum absolute atomic E-state index is 0.0450. The van der Waals surface area contributed by atoms with E-state index in [-0.39, 0.29) is 177 Å². The monoisotopic (exact) mass is 1990 g/mol. The molecule has 0 atom stereocenters. The number of aryl methyl sites for hydroxylation is 7. The van der Waals surface area contributed by atoms with Gasteiger partial charge in [0.1, 0.15) is 45.5 Å². The van der Waals surface area contributed by atoms with Gasteiger partial charge in [-0.2, -0.15) is 0 Å². The Labute approximate surface area is 787 Å². The second-order valence-electron chi connectivity index (χ2n) is 29.9. The van der Waals surface area contributed by atoms with Gasteiger partial charge in [-0.15, -0.1) is 0 Å². The van der Waals surface area contributed by atoms with Crippen LogP contribution in [0.15, 0.2) is 229 Å². The molecule has 6 amide bonds. The fourth-order valence-electron chi connectivity index (χ4n) is 12.5. The minimum atomic E-state index is -0.496. The number of carbonyl (C=O) groups is 6. The van der Waals surface area contributed by atoms with Crippen LogP contribution in [0.4, 0.5) is 30.7 Å². The van der Waals surface area contributed by atoms with Crippen LogP contribution in [0.5, 0.6) is 34.5 Å². The number of likely N-dealkylation sites (N-methyl/N-ethyl adjacent to an activating group) is 6. The molecule has 0 bridgehead atoms. The molecule has 0 spiro atoms. The molecule has 0 aliphatic heterocycles. The Balaban J connectivity index is 0.000000215. The average Bonchev–Trinajstić information content (AvgIpc) is 0.849. The van der Waals surface area contributed by atoms with Gasteiger partial charge < -0.3 is 60.3 Å². The number of amides is 6. The lowest BCUT2D eigenvalue weighted by molar-refractivity contribution is -0.120. The molecule has 0 saturated heterocycles. The van der Waals surface area contributed by atoms with Gasteiger partial charge in [-0.1, -0.05) is 155 Å². The molecule has 0 fully saturated rings. The van der Waals surface area contributed by atoms with E-state index < -0.39 is 17.5 Å². The molecular weight excluding hydrogens is 1890 g/mol. The van der Waals surface area contributed by atoms with E-state index in [4.69, 9.17) is 40.0 Å². The maximum absolute atomic E-state index is 14.0. The highest BCUT2D eigenvalue weighted by Crippen LogP contribution is 2.31. The van der Waals surface area contributed by atoms with Crippen LogP contribution in [0.3, 0.4) is 0 Å². The summed E-state index contributed by atoms with van der Waals surface area (Å²) in [4.78, 5) is 69.3. The van der Waals surface area contributed by atoms with Gasteiger partial charge in [-0.25, -0.2) is 30.7 Å². The number of carbonyl (C=O) groups excluding carboxylic acids is 6. The molecule has 0 radical (unpaired) electrons. The molecule has 28 heteroatoms. The fraction of sp³-hybridized carbons (Fsp3) is 0.243. The van der Waals surface area contributed by atoms with Crippen LogP contribution < -0.4 is 60.3 Å². The predicted molar refractivity (Wildman–Crippen MR) is 508 cm³/mol. The van der Waals surface area contributed by atoms with Crippen LogP contribution in [0.25, 0.3) is 0 Å². The van der Waals surface area contributed by atoms with E-state index in [1.54, 1.807) is 121 Å². The summed E-state index contributed by atoms with van der Waals surface area (Å²) in [5.74, 6) is -2.45. The van der Waals surface area contributed by atoms with Crippen molar-refractivity contribution in [2.75, 3.05) is 42.3 Å². The summed E-state index contributed by atoms with van der Waals surface area (Å²) in [6.45, 7) is 13.7. The standard InChI is InChI=1S/C18H20FNO2.C17H17BrFNO2.C17H17ClFNO2.C17H17F2NO2.C17H17FINO2.C17H18FNO2/c1-12-7-8-17(16(19)9-12)22-11-15-13(2)5-4-6-14(15)10-18(21)20-3;3*1-11-6-7-16(15(19)8-11)22-10-13-12(9-17(21)20-2)4-3-5-14(13)18;1-11-6-7-16(14(18)8-11)22-10-13-12(9-17(21)20-2)4-3-5-15(13)19;1-12-7-8-16(15(18)9-12)21-11-14-6-4-3-5-13(14)10-17(20)19-2/h4-9H,10-11H2,1-3H3,(H,20,21);4*3-8H,9-10H2,1-2H3,(H,20,21);3-9H,10-11H2,1-2H3,(H,19,20). The van der Waals surface area contributed by atoms with Gasteiger partial charge in [0.05, 0.1) is 38.5 Å². The second kappa shape index (κ2) is 54.0. The van der Waals surface area contributed by atoms with Gasteiger partial charge in [0, 0.05) is 77.6 Å². The number of nitrogens with one attached hydrogen (secondary N) is 6. The fourth-order valence-corrected chi connectivity index (χ4v) is 14.0. The molecule has 0 aliphatic carbocycles. The Kier molecular flexibility index (Phi) is 43.5. The van der Waals surface area contributed by atoms with Gasteiger partial charge in [-0.3, -0.25) is 28.8 Å². The van der Waals surface area contributed by atoms with Crippen LogP contribution in [0, 0.1) is 92.8 Å². The molecule has 6 N–H and O–H groups in total. The Morgan fingerprint density at radius 3 is 0.885 bits per heavy atom. The first-order valence-electron chi connectivity index (χ1n) is 41.4. The molecular formula is C103H106BrClF7IN6O12. The van der Waals surface area contributed by atoms with E-state index in [9.17, 15) is 59.5 Å². The van der Waals surface area contributed by atoms with E-state index in [1.807, 2.05) is 133 Å². The maximum Gasteiger partial charge on any atom is 0.224 e. The summed E-state index contributed by atoms with van der Waals surface area (Å²) in [6, 6.07) is 63.1. The van der Waals surface area contributed by atoms with Crippen LogP contribution in [0.2, 0.25) is 5.02 Å². The Hall–Kier alpha value is -12.7. The molecule has 18 nitrogen and oxygen atoms in total. The highest BCUT2D eigenvalue weighted by Gasteiger charge is 2.20.